The average Bonchev–Trinajstić information content (AvgIpc) is 2.65. The Balaban J connectivity index is 0.000000323. The van der Waals surface area contributed by atoms with Crippen molar-refractivity contribution in [3.63, 3.8) is 0 Å². The van der Waals surface area contributed by atoms with Gasteiger partial charge in [0.1, 0.15) is 0 Å². The number of pyridine rings is 2. The van der Waals surface area contributed by atoms with E-state index in [2.05, 4.69) is 51.7 Å². The van der Waals surface area contributed by atoms with Crippen molar-refractivity contribution in [2.24, 2.45) is 0 Å². The SMILES string of the molecule is O=S(=O)([O-])O.c1cnc2ccc3c(c2c1)Sc1c(ccc2[nH+]cccc12)N3. The predicted octanol–water partition coefficient (Wildman–Crippen LogP) is 3.41. The number of fused-ring (bicyclic) bond motifs is 6. The predicted molar refractivity (Wildman–Crippen MR) is 102 cm³/mol. The van der Waals surface area contributed by atoms with Crippen LogP contribution in [0, 0.1) is 0 Å². The molecule has 0 fully saturated rings. The Hall–Kier alpha value is -2.72. The lowest BCUT2D eigenvalue weighted by atomic mass is 10.1. The molecule has 0 radical (unpaired) electrons. The number of nitrogens with zero attached hydrogens (tertiary/aromatic N) is 1. The topological polar surface area (TPSA) is 116 Å². The number of hydrogen-bond acceptors (Lipinski definition) is 6. The summed E-state index contributed by atoms with van der Waals surface area (Å²) in [6.45, 7) is 0. The van der Waals surface area contributed by atoms with Crippen LogP contribution in [0.15, 0.2) is 70.7 Å². The second-order valence-electron chi connectivity index (χ2n) is 5.74. The lowest BCUT2D eigenvalue weighted by Gasteiger charge is -2.22. The van der Waals surface area contributed by atoms with Crippen molar-refractivity contribution in [1.29, 1.82) is 0 Å². The van der Waals surface area contributed by atoms with E-state index in [0.29, 0.717) is 0 Å². The summed E-state index contributed by atoms with van der Waals surface area (Å²) in [5.74, 6) is 0. The van der Waals surface area contributed by atoms with Crippen LogP contribution in [0.1, 0.15) is 0 Å². The number of aromatic amines is 1. The Kier molecular flexibility index (Phi) is 4.44. The van der Waals surface area contributed by atoms with Crippen molar-refractivity contribution < 1.29 is 22.5 Å². The van der Waals surface area contributed by atoms with Crippen LogP contribution < -0.4 is 10.3 Å². The zero-order valence-electron chi connectivity index (χ0n) is 13.7. The average molecular weight is 399 g/mol. The molecular weight excluding hydrogens is 386 g/mol. The fourth-order valence-corrected chi connectivity index (χ4v) is 4.20. The molecule has 0 atom stereocenters. The highest BCUT2D eigenvalue weighted by atomic mass is 32.3. The first-order valence-electron chi connectivity index (χ1n) is 7.84. The van der Waals surface area contributed by atoms with Crippen molar-refractivity contribution in [2.45, 2.75) is 9.79 Å². The Morgan fingerprint density at radius 1 is 1.00 bits per heavy atom. The van der Waals surface area contributed by atoms with Gasteiger partial charge in [-0.2, -0.15) is 0 Å². The standard InChI is InChI=1S/C18H11N3S.H2O4S/c1-3-11-13(19-9-1)5-7-15-17(11)22-18-12-4-2-10-20-14(12)6-8-16(18)21-15;1-5(2,3)4/h1-10,21H;(H2,1,2,3,4). The van der Waals surface area contributed by atoms with E-state index in [9.17, 15) is 0 Å². The maximum atomic E-state index is 8.63. The Morgan fingerprint density at radius 3 is 2.44 bits per heavy atom. The third-order valence-electron chi connectivity index (χ3n) is 4.00. The maximum absolute atomic E-state index is 8.63. The van der Waals surface area contributed by atoms with Gasteiger partial charge in [-0.05, 0) is 30.3 Å². The van der Waals surface area contributed by atoms with Crippen LogP contribution >= 0.6 is 11.8 Å². The first kappa shape index (κ1) is 17.7. The molecule has 0 bridgehead atoms. The molecule has 0 unspecified atom stereocenters. The number of aromatic nitrogens is 2. The van der Waals surface area contributed by atoms with Gasteiger partial charge in [-0.3, -0.25) is 9.54 Å². The highest BCUT2D eigenvalue weighted by Crippen LogP contribution is 2.49. The summed E-state index contributed by atoms with van der Waals surface area (Å²) in [5.41, 5.74) is 4.49. The van der Waals surface area contributed by atoms with Crippen LogP contribution in [0.4, 0.5) is 11.4 Å². The third-order valence-corrected chi connectivity index (χ3v) is 5.29. The van der Waals surface area contributed by atoms with Crippen molar-refractivity contribution in [1.82, 2.24) is 4.98 Å². The Bertz CT molecular complexity index is 1190. The molecule has 136 valence electrons. The van der Waals surface area contributed by atoms with E-state index < -0.39 is 10.4 Å². The summed E-state index contributed by atoms with van der Waals surface area (Å²) in [6, 6.07) is 16.8. The molecule has 3 N–H and O–H groups in total. The van der Waals surface area contributed by atoms with Crippen LogP contribution in [-0.4, -0.2) is 22.5 Å². The van der Waals surface area contributed by atoms with Gasteiger partial charge in [-0.1, -0.05) is 17.8 Å². The summed E-state index contributed by atoms with van der Waals surface area (Å²) in [4.78, 5) is 10.3. The Labute approximate surface area is 159 Å². The third kappa shape index (κ3) is 3.71. The normalized spacial score (nSPS) is 12.5. The summed E-state index contributed by atoms with van der Waals surface area (Å²) in [6.07, 6.45) is 3.80. The lowest BCUT2D eigenvalue weighted by Crippen LogP contribution is -2.05. The van der Waals surface area contributed by atoms with Crippen LogP contribution in [0.3, 0.4) is 0 Å². The van der Waals surface area contributed by atoms with Crippen LogP contribution in [0.2, 0.25) is 0 Å². The molecule has 0 saturated heterocycles. The zero-order chi connectivity index (χ0) is 19.0. The summed E-state index contributed by atoms with van der Waals surface area (Å²) in [5, 5.41) is 6.00. The molecule has 3 heterocycles. The van der Waals surface area contributed by atoms with E-state index in [0.717, 1.165) is 22.4 Å². The number of H-pyrrole nitrogens is 1. The minimum Gasteiger partial charge on any atom is -0.726 e. The molecule has 0 spiro atoms. The number of rotatable bonds is 0. The number of benzene rings is 2. The first-order valence-corrected chi connectivity index (χ1v) is 10.0. The Morgan fingerprint density at radius 2 is 1.67 bits per heavy atom. The molecule has 2 aromatic carbocycles. The highest BCUT2D eigenvalue weighted by Gasteiger charge is 2.21. The second-order valence-corrected chi connectivity index (χ2v) is 7.62. The smallest absolute Gasteiger partial charge is 0.215 e. The van der Waals surface area contributed by atoms with Crippen molar-refractivity contribution in [3.8, 4) is 0 Å². The zero-order valence-corrected chi connectivity index (χ0v) is 15.3. The van der Waals surface area contributed by atoms with Crippen molar-refractivity contribution in [3.05, 3.63) is 60.9 Å². The summed E-state index contributed by atoms with van der Waals surface area (Å²) < 4.78 is 32.8. The highest BCUT2D eigenvalue weighted by molar-refractivity contribution is 8.00. The molecule has 1 aliphatic rings. The largest absolute Gasteiger partial charge is 0.726 e. The van der Waals surface area contributed by atoms with Gasteiger partial charge in [0.15, 0.2) is 6.20 Å². The molecule has 27 heavy (non-hydrogen) atoms. The molecule has 9 heteroatoms. The van der Waals surface area contributed by atoms with Gasteiger partial charge in [0.25, 0.3) is 0 Å². The van der Waals surface area contributed by atoms with Gasteiger partial charge in [-0.25, -0.2) is 13.4 Å². The quantitative estimate of drug-likeness (QED) is 0.303. The minimum absolute atomic E-state index is 1.03. The number of nitrogens with one attached hydrogen (secondary N) is 2. The molecule has 0 saturated carbocycles. The van der Waals surface area contributed by atoms with Crippen LogP contribution in [0.5, 0.6) is 0 Å². The fourth-order valence-electron chi connectivity index (χ4n) is 2.96. The minimum atomic E-state index is -4.92. The van der Waals surface area contributed by atoms with Crippen molar-refractivity contribution >= 4 is 55.3 Å². The number of hydrogen-bond donors (Lipinski definition) is 2. The fraction of sp³-hybridized carbons (Fsp3) is 0. The molecule has 0 aliphatic carbocycles. The molecule has 4 aromatic rings. The van der Waals surface area contributed by atoms with Gasteiger partial charge in [0.05, 0.1) is 22.3 Å². The van der Waals surface area contributed by atoms with Gasteiger partial charge in [0.2, 0.25) is 15.9 Å². The van der Waals surface area contributed by atoms with E-state index >= 15 is 0 Å². The van der Waals surface area contributed by atoms with E-state index in [4.69, 9.17) is 17.5 Å². The van der Waals surface area contributed by atoms with E-state index in [-0.39, 0.29) is 0 Å². The van der Waals surface area contributed by atoms with Crippen LogP contribution in [0.25, 0.3) is 21.8 Å². The van der Waals surface area contributed by atoms with Gasteiger partial charge < -0.3 is 9.87 Å². The molecule has 7 nitrogen and oxygen atoms in total. The summed E-state index contributed by atoms with van der Waals surface area (Å²) in [7, 11) is -4.92. The van der Waals surface area contributed by atoms with Gasteiger partial charge in [-0.15, -0.1) is 0 Å². The van der Waals surface area contributed by atoms with E-state index in [1.807, 2.05) is 36.3 Å². The lowest BCUT2D eigenvalue weighted by molar-refractivity contribution is -0.344. The molecule has 5 rings (SSSR count). The van der Waals surface area contributed by atoms with Gasteiger partial charge >= 0.3 is 0 Å². The molecule has 2 aromatic heterocycles. The maximum Gasteiger partial charge on any atom is 0.215 e. The molecular formula is C18H13N3O4S2. The molecule has 1 aliphatic heterocycles. The van der Waals surface area contributed by atoms with Crippen LogP contribution in [-0.2, 0) is 10.4 Å². The van der Waals surface area contributed by atoms with Gasteiger partial charge in [0, 0.05) is 33.5 Å². The second kappa shape index (κ2) is 6.78. The van der Waals surface area contributed by atoms with E-state index in [1.165, 1.54) is 20.6 Å². The monoisotopic (exact) mass is 399 g/mol. The first-order chi connectivity index (χ1) is 12.9. The van der Waals surface area contributed by atoms with Crippen molar-refractivity contribution in [2.75, 3.05) is 5.32 Å². The number of anilines is 2. The van der Waals surface area contributed by atoms with E-state index in [1.54, 1.807) is 0 Å². The molecule has 0 amide bonds. The summed E-state index contributed by atoms with van der Waals surface area (Å²) >= 11 is 1.82.